The highest BCUT2D eigenvalue weighted by atomic mass is 16.1. The van der Waals surface area contributed by atoms with Crippen molar-refractivity contribution in [1.82, 2.24) is 15.5 Å². The zero-order valence-corrected chi connectivity index (χ0v) is 11.3. The quantitative estimate of drug-likeness (QED) is 0.816. The number of amides is 1. The van der Waals surface area contributed by atoms with Crippen LogP contribution in [0.5, 0.6) is 0 Å². The maximum Gasteiger partial charge on any atom is 0.272 e. The lowest BCUT2D eigenvalue weighted by Crippen LogP contribution is -2.26. The molecule has 0 atom stereocenters. The number of aryl methyl sites for hydroxylation is 1. The number of hydrogen-bond acceptors (Lipinski definition) is 2. The zero-order valence-electron chi connectivity index (χ0n) is 11.3. The highest BCUT2D eigenvalue weighted by Crippen LogP contribution is 2.23. The van der Waals surface area contributed by atoms with Gasteiger partial charge in [-0.05, 0) is 51.4 Å². The second kappa shape index (κ2) is 5.59. The largest absolute Gasteiger partial charge is 0.350 e. The first-order valence-electron chi connectivity index (χ1n) is 7.37. The van der Waals surface area contributed by atoms with Crippen LogP contribution in [0, 0.1) is 0 Å². The molecule has 1 aromatic rings. The number of aromatic amines is 1. The number of nitrogens with one attached hydrogen (secondary N) is 2. The van der Waals surface area contributed by atoms with Crippen molar-refractivity contribution >= 4 is 5.91 Å². The molecule has 19 heavy (non-hydrogen) atoms. The zero-order chi connectivity index (χ0) is 13.1. The first-order chi connectivity index (χ1) is 9.34. The lowest BCUT2D eigenvalue weighted by atomic mass is 9.97. The molecule has 0 spiro atoms. The third-order valence-electron chi connectivity index (χ3n) is 4.14. The molecule has 2 aliphatic carbocycles. The molecule has 0 aliphatic heterocycles. The number of fused-ring (bicyclic) bond motifs is 1. The molecule has 4 heteroatoms. The van der Waals surface area contributed by atoms with Crippen LogP contribution in [0.15, 0.2) is 11.6 Å². The van der Waals surface area contributed by atoms with E-state index in [9.17, 15) is 4.79 Å². The Bertz CT molecular complexity index is 501. The van der Waals surface area contributed by atoms with Crippen LogP contribution >= 0.6 is 0 Å². The molecule has 0 saturated carbocycles. The molecule has 2 aliphatic rings. The second-order valence-corrected chi connectivity index (χ2v) is 5.50. The molecule has 2 N–H and O–H groups in total. The molecule has 0 radical (unpaired) electrons. The molecule has 0 fully saturated rings. The van der Waals surface area contributed by atoms with Crippen LogP contribution in [0.3, 0.4) is 0 Å². The predicted molar refractivity (Wildman–Crippen MR) is 74.1 cm³/mol. The Morgan fingerprint density at radius 1 is 1.26 bits per heavy atom. The third kappa shape index (κ3) is 2.72. The van der Waals surface area contributed by atoms with Gasteiger partial charge in [0.1, 0.15) is 0 Å². The predicted octanol–water partition coefficient (Wildman–Crippen LogP) is 2.52. The molecule has 102 valence electrons. The Kier molecular flexibility index (Phi) is 3.67. The maximum atomic E-state index is 12.1. The third-order valence-corrected chi connectivity index (χ3v) is 4.14. The molecule has 4 nitrogen and oxygen atoms in total. The van der Waals surface area contributed by atoms with Crippen molar-refractivity contribution in [3.05, 3.63) is 28.6 Å². The fraction of sp³-hybridized carbons (Fsp3) is 0.600. The number of H-pyrrole nitrogens is 1. The average Bonchev–Trinajstić information content (AvgIpc) is 3.02. The van der Waals surface area contributed by atoms with Gasteiger partial charge < -0.3 is 5.32 Å². The molecular weight excluding hydrogens is 238 g/mol. The number of carbonyl (C=O) groups is 1. The SMILES string of the molecule is O=C(NCCC1=CCCCC1)c1n[nH]c2c1CCC2. The summed E-state index contributed by atoms with van der Waals surface area (Å²) in [6, 6.07) is 0. The van der Waals surface area contributed by atoms with E-state index >= 15 is 0 Å². The highest BCUT2D eigenvalue weighted by Gasteiger charge is 2.22. The van der Waals surface area contributed by atoms with Gasteiger partial charge in [0.15, 0.2) is 5.69 Å². The van der Waals surface area contributed by atoms with Gasteiger partial charge in [0.05, 0.1) is 0 Å². The Morgan fingerprint density at radius 3 is 3.05 bits per heavy atom. The van der Waals surface area contributed by atoms with Crippen molar-refractivity contribution < 1.29 is 4.79 Å². The molecule has 1 heterocycles. The minimum absolute atomic E-state index is 0.0178. The van der Waals surface area contributed by atoms with Gasteiger partial charge >= 0.3 is 0 Å². The number of allylic oxidation sites excluding steroid dienone is 1. The van der Waals surface area contributed by atoms with Crippen LogP contribution < -0.4 is 5.32 Å². The Labute approximate surface area is 113 Å². The minimum Gasteiger partial charge on any atom is -0.350 e. The molecular formula is C15H21N3O. The summed E-state index contributed by atoms with van der Waals surface area (Å²) in [4.78, 5) is 12.1. The van der Waals surface area contributed by atoms with Gasteiger partial charge in [-0.3, -0.25) is 9.89 Å². The summed E-state index contributed by atoms with van der Waals surface area (Å²) in [6.07, 6.45) is 11.5. The summed E-state index contributed by atoms with van der Waals surface area (Å²) in [6.45, 7) is 0.728. The summed E-state index contributed by atoms with van der Waals surface area (Å²) < 4.78 is 0. The van der Waals surface area contributed by atoms with E-state index in [2.05, 4.69) is 21.6 Å². The molecule has 0 unspecified atom stereocenters. The van der Waals surface area contributed by atoms with Crippen LogP contribution in [0.1, 0.15) is 60.3 Å². The normalized spacial score (nSPS) is 18.0. The average molecular weight is 259 g/mol. The van der Waals surface area contributed by atoms with E-state index in [1.165, 1.54) is 31.3 Å². The standard InChI is InChI=1S/C15H21N3O/c19-15(14-12-7-4-8-13(12)17-18-14)16-10-9-11-5-2-1-3-6-11/h5H,1-4,6-10H2,(H,16,19)(H,17,18). The molecule has 0 bridgehead atoms. The summed E-state index contributed by atoms with van der Waals surface area (Å²) in [5.74, 6) is -0.0178. The summed E-state index contributed by atoms with van der Waals surface area (Å²) >= 11 is 0. The van der Waals surface area contributed by atoms with Gasteiger partial charge in [0, 0.05) is 17.8 Å². The molecule has 1 aromatic heterocycles. The van der Waals surface area contributed by atoms with Gasteiger partial charge in [-0.2, -0.15) is 5.10 Å². The second-order valence-electron chi connectivity index (χ2n) is 5.50. The van der Waals surface area contributed by atoms with E-state index in [1.807, 2.05) is 0 Å². The van der Waals surface area contributed by atoms with Crippen LogP contribution in [0.2, 0.25) is 0 Å². The number of carbonyl (C=O) groups excluding carboxylic acids is 1. The van der Waals surface area contributed by atoms with Crippen LogP contribution in [-0.2, 0) is 12.8 Å². The Hall–Kier alpha value is -1.58. The smallest absolute Gasteiger partial charge is 0.272 e. The van der Waals surface area contributed by atoms with Crippen molar-refractivity contribution in [3.63, 3.8) is 0 Å². The van der Waals surface area contributed by atoms with Crippen molar-refractivity contribution in [1.29, 1.82) is 0 Å². The van der Waals surface area contributed by atoms with Gasteiger partial charge in [-0.25, -0.2) is 0 Å². The molecule has 3 rings (SSSR count). The lowest BCUT2D eigenvalue weighted by molar-refractivity contribution is 0.0948. The van der Waals surface area contributed by atoms with Crippen LogP contribution in [-0.4, -0.2) is 22.6 Å². The molecule has 0 aromatic carbocycles. The maximum absolute atomic E-state index is 12.1. The first kappa shape index (κ1) is 12.5. The van der Waals surface area contributed by atoms with E-state index in [-0.39, 0.29) is 5.91 Å². The Morgan fingerprint density at radius 2 is 2.21 bits per heavy atom. The van der Waals surface area contributed by atoms with E-state index in [0.717, 1.165) is 43.5 Å². The number of nitrogens with zero attached hydrogens (tertiary/aromatic N) is 1. The molecule has 1 amide bonds. The fourth-order valence-corrected chi connectivity index (χ4v) is 3.06. The minimum atomic E-state index is -0.0178. The number of aromatic nitrogens is 2. The molecule has 0 saturated heterocycles. The highest BCUT2D eigenvalue weighted by molar-refractivity contribution is 5.94. The number of hydrogen-bond donors (Lipinski definition) is 2. The first-order valence-corrected chi connectivity index (χ1v) is 7.37. The summed E-state index contributed by atoms with van der Waals surface area (Å²) in [7, 11) is 0. The van der Waals surface area contributed by atoms with Gasteiger partial charge in [-0.15, -0.1) is 0 Å². The topological polar surface area (TPSA) is 57.8 Å². The van der Waals surface area contributed by atoms with E-state index < -0.39 is 0 Å². The van der Waals surface area contributed by atoms with Gasteiger partial charge in [0.2, 0.25) is 0 Å². The van der Waals surface area contributed by atoms with E-state index in [4.69, 9.17) is 0 Å². The van der Waals surface area contributed by atoms with Crippen molar-refractivity contribution in [2.75, 3.05) is 6.54 Å². The summed E-state index contributed by atoms with van der Waals surface area (Å²) in [5, 5.41) is 10.1. The van der Waals surface area contributed by atoms with Crippen molar-refractivity contribution in [3.8, 4) is 0 Å². The van der Waals surface area contributed by atoms with Crippen molar-refractivity contribution in [2.45, 2.75) is 51.4 Å². The van der Waals surface area contributed by atoms with Crippen LogP contribution in [0.4, 0.5) is 0 Å². The van der Waals surface area contributed by atoms with Crippen LogP contribution in [0.25, 0.3) is 0 Å². The number of rotatable bonds is 4. The van der Waals surface area contributed by atoms with Gasteiger partial charge in [-0.1, -0.05) is 11.6 Å². The lowest BCUT2D eigenvalue weighted by Gasteiger charge is -2.12. The summed E-state index contributed by atoms with van der Waals surface area (Å²) in [5.41, 5.74) is 4.40. The Balaban J connectivity index is 1.52. The monoisotopic (exact) mass is 259 g/mol. The van der Waals surface area contributed by atoms with Crippen molar-refractivity contribution in [2.24, 2.45) is 0 Å². The van der Waals surface area contributed by atoms with Gasteiger partial charge in [0.25, 0.3) is 5.91 Å². The van der Waals surface area contributed by atoms with E-state index in [1.54, 1.807) is 0 Å². The van der Waals surface area contributed by atoms with E-state index in [0.29, 0.717) is 5.69 Å². The fourth-order valence-electron chi connectivity index (χ4n) is 3.06.